The van der Waals surface area contributed by atoms with Crippen LogP contribution in [0.2, 0.25) is 0 Å². The summed E-state index contributed by atoms with van der Waals surface area (Å²) in [4.78, 5) is 11.3. The van der Waals surface area contributed by atoms with Gasteiger partial charge in [0.25, 0.3) is 0 Å². The number of hydrogen-bond acceptors (Lipinski definition) is 3. The lowest BCUT2D eigenvalue weighted by atomic mass is 10.1. The summed E-state index contributed by atoms with van der Waals surface area (Å²) in [6.45, 7) is 4.72. The van der Waals surface area contributed by atoms with Crippen LogP contribution in [0.5, 0.6) is 11.5 Å². The van der Waals surface area contributed by atoms with E-state index in [1.54, 1.807) is 14.0 Å². The monoisotopic (exact) mass is 285 g/mol. The first-order valence-corrected chi connectivity index (χ1v) is 6.73. The molecular weight excluding hydrogens is 266 g/mol. The van der Waals surface area contributed by atoms with Crippen LogP contribution in [0.3, 0.4) is 0 Å². The van der Waals surface area contributed by atoms with Gasteiger partial charge in [-0.2, -0.15) is 0 Å². The van der Waals surface area contributed by atoms with E-state index in [0.717, 1.165) is 17.7 Å². The average molecular weight is 286 g/mol. The van der Waals surface area contributed by atoms with Gasteiger partial charge in [-0.15, -0.1) is 11.6 Å². The molecule has 4 nitrogen and oxygen atoms in total. The molecule has 0 fully saturated rings. The normalized spacial score (nSPS) is 11.8. The van der Waals surface area contributed by atoms with Crippen molar-refractivity contribution in [2.24, 2.45) is 0 Å². The van der Waals surface area contributed by atoms with Gasteiger partial charge < -0.3 is 14.8 Å². The SMILES string of the molecule is CCOc1ccc(CCNC(=O)C(C)Cl)cc1OC. The van der Waals surface area contributed by atoms with E-state index >= 15 is 0 Å². The number of rotatable bonds is 7. The third-order valence-electron chi connectivity index (χ3n) is 2.60. The maximum Gasteiger partial charge on any atom is 0.237 e. The summed E-state index contributed by atoms with van der Waals surface area (Å²) in [5.74, 6) is 1.28. The molecule has 0 aromatic heterocycles. The van der Waals surface area contributed by atoms with Crippen LogP contribution in [-0.2, 0) is 11.2 Å². The first-order valence-electron chi connectivity index (χ1n) is 6.30. The highest BCUT2D eigenvalue weighted by Gasteiger charge is 2.08. The Hall–Kier alpha value is -1.42. The molecule has 1 N–H and O–H groups in total. The minimum absolute atomic E-state index is 0.153. The fourth-order valence-electron chi connectivity index (χ4n) is 1.61. The van der Waals surface area contributed by atoms with Crippen LogP contribution in [-0.4, -0.2) is 31.5 Å². The Morgan fingerprint density at radius 3 is 2.74 bits per heavy atom. The van der Waals surface area contributed by atoms with Crippen molar-refractivity contribution in [2.45, 2.75) is 25.6 Å². The van der Waals surface area contributed by atoms with Gasteiger partial charge in [0.2, 0.25) is 5.91 Å². The van der Waals surface area contributed by atoms with Gasteiger partial charge in [0.05, 0.1) is 13.7 Å². The topological polar surface area (TPSA) is 47.6 Å². The number of benzene rings is 1. The van der Waals surface area contributed by atoms with Crippen LogP contribution in [0.4, 0.5) is 0 Å². The Labute approximate surface area is 119 Å². The van der Waals surface area contributed by atoms with Crippen molar-refractivity contribution in [3.8, 4) is 11.5 Å². The molecule has 1 amide bonds. The summed E-state index contributed by atoms with van der Waals surface area (Å²) < 4.78 is 10.7. The number of carbonyl (C=O) groups is 1. The number of nitrogens with one attached hydrogen (secondary N) is 1. The van der Waals surface area contributed by atoms with Gasteiger partial charge in [0.15, 0.2) is 11.5 Å². The molecule has 0 bridgehead atoms. The van der Waals surface area contributed by atoms with Crippen molar-refractivity contribution >= 4 is 17.5 Å². The van der Waals surface area contributed by atoms with E-state index in [4.69, 9.17) is 21.1 Å². The third-order valence-corrected chi connectivity index (χ3v) is 2.80. The van der Waals surface area contributed by atoms with Crippen LogP contribution in [0.25, 0.3) is 0 Å². The third kappa shape index (κ3) is 4.99. The molecule has 0 heterocycles. The zero-order valence-electron chi connectivity index (χ0n) is 11.5. The van der Waals surface area contributed by atoms with E-state index in [1.165, 1.54) is 0 Å². The summed E-state index contributed by atoms with van der Waals surface area (Å²) in [5, 5.41) is 2.26. The van der Waals surface area contributed by atoms with Crippen LogP contribution < -0.4 is 14.8 Å². The van der Waals surface area contributed by atoms with Crippen molar-refractivity contribution in [3.05, 3.63) is 23.8 Å². The van der Waals surface area contributed by atoms with Gasteiger partial charge >= 0.3 is 0 Å². The van der Waals surface area contributed by atoms with Crippen molar-refractivity contribution in [1.82, 2.24) is 5.32 Å². The molecule has 1 atom stereocenters. The second-order valence-corrected chi connectivity index (χ2v) is 4.73. The fourth-order valence-corrected chi connectivity index (χ4v) is 1.69. The second-order valence-electron chi connectivity index (χ2n) is 4.08. The molecule has 1 rings (SSSR count). The maximum absolute atomic E-state index is 11.3. The number of hydrogen-bond donors (Lipinski definition) is 1. The highest BCUT2D eigenvalue weighted by Crippen LogP contribution is 2.28. The number of carbonyl (C=O) groups excluding carboxylic acids is 1. The second kappa shape index (κ2) is 7.89. The Morgan fingerprint density at radius 2 is 2.16 bits per heavy atom. The first kappa shape index (κ1) is 15.6. The van der Waals surface area contributed by atoms with Crippen LogP contribution in [0.1, 0.15) is 19.4 Å². The van der Waals surface area contributed by atoms with Crippen molar-refractivity contribution in [1.29, 1.82) is 0 Å². The molecule has 5 heteroatoms. The lowest BCUT2D eigenvalue weighted by molar-refractivity contribution is -0.120. The summed E-state index contributed by atoms with van der Waals surface area (Å²) in [5.41, 5.74) is 1.07. The molecule has 0 aliphatic rings. The number of ether oxygens (including phenoxy) is 2. The zero-order valence-corrected chi connectivity index (χ0v) is 12.3. The predicted molar refractivity (Wildman–Crippen MR) is 76.2 cm³/mol. The zero-order chi connectivity index (χ0) is 14.3. The van der Waals surface area contributed by atoms with Crippen molar-refractivity contribution in [3.63, 3.8) is 0 Å². The Kier molecular flexibility index (Phi) is 6.50. The van der Waals surface area contributed by atoms with Gasteiger partial charge in [-0.3, -0.25) is 4.79 Å². The van der Waals surface area contributed by atoms with Gasteiger partial charge in [0.1, 0.15) is 5.38 Å². The molecule has 0 saturated heterocycles. The van der Waals surface area contributed by atoms with E-state index < -0.39 is 5.38 Å². The lowest BCUT2D eigenvalue weighted by Crippen LogP contribution is -2.31. The van der Waals surface area contributed by atoms with Crippen LogP contribution >= 0.6 is 11.6 Å². The molecule has 0 radical (unpaired) electrons. The highest BCUT2D eigenvalue weighted by molar-refractivity contribution is 6.30. The number of alkyl halides is 1. The summed E-state index contributed by atoms with van der Waals surface area (Å²) >= 11 is 5.66. The molecule has 1 aromatic rings. The molecule has 19 heavy (non-hydrogen) atoms. The molecule has 0 aliphatic carbocycles. The summed E-state index contributed by atoms with van der Waals surface area (Å²) in [7, 11) is 1.61. The quantitative estimate of drug-likeness (QED) is 0.783. The molecule has 1 aromatic carbocycles. The minimum Gasteiger partial charge on any atom is -0.493 e. The van der Waals surface area contributed by atoms with Crippen LogP contribution in [0, 0.1) is 0 Å². The Balaban J connectivity index is 2.57. The Bertz CT molecular complexity index is 421. The molecular formula is C14H20ClNO3. The van der Waals surface area contributed by atoms with E-state index in [1.807, 2.05) is 25.1 Å². The number of methoxy groups -OCH3 is 1. The standard InChI is InChI=1S/C14H20ClNO3/c1-4-19-12-6-5-11(9-13(12)18-3)7-8-16-14(17)10(2)15/h5-6,9-10H,4,7-8H2,1-3H3,(H,16,17). The maximum atomic E-state index is 11.3. The van der Waals surface area contributed by atoms with E-state index in [2.05, 4.69) is 5.32 Å². The van der Waals surface area contributed by atoms with Crippen LogP contribution in [0.15, 0.2) is 18.2 Å². The fraction of sp³-hybridized carbons (Fsp3) is 0.500. The van der Waals surface area contributed by atoms with Crippen molar-refractivity contribution < 1.29 is 14.3 Å². The van der Waals surface area contributed by atoms with Gasteiger partial charge in [-0.05, 0) is 38.0 Å². The molecule has 0 spiro atoms. The average Bonchev–Trinajstić information content (AvgIpc) is 2.40. The molecule has 1 unspecified atom stereocenters. The minimum atomic E-state index is -0.505. The summed E-state index contributed by atoms with van der Waals surface area (Å²) in [6, 6.07) is 5.76. The largest absolute Gasteiger partial charge is 0.493 e. The van der Waals surface area contributed by atoms with E-state index in [-0.39, 0.29) is 5.91 Å². The predicted octanol–water partition coefficient (Wildman–Crippen LogP) is 2.38. The van der Waals surface area contributed by atoms with Gasteiger partial charge in [-0.25, -0.2) is 0 Å². The highest BCUT2D eigenvalue weighted by atomic mass is 35.5. The van der Waals surface area contributed by atoms with Gasteiger partial charge in [0, 0.05) is 6.54 Å². The lowest BCUT2D eigenvalue weighted by Gasteiger charge is -2.11. The number of amides is 1. The molecule has 0 aliphatic heterocycles. The summed E-state index contributed by atoms with van der Waals surface area (Å²) in [6.07, 6.45) is 0.720. The van der Waals surface area contributed by atoms with Gasteiger partial charge in [-0.1, -0.05) is 6.07 Å². The molecule has 106 valence electrons. The van der Waals surface area contributed by atoms with E-state index in [9.17, 15) is 4.79 Å². The molecule has 0 saturated carbocycles. The first-order chi connectivity index (χ1) is 9.08. The smallest absolute Gasteiger partial charge is 0.237 e. The van der Waals surface area contributed by atoms with Crippen molar-refractivity contribution in [2.75, 3.05) is 20.3 Å². The Morgan fingerprint density at radius 1 is 1.42 bits per heavy atom. The van der Waals surface area contributed by atoms with E-state index in [0.29, 0.717) is 18.9 Å². The number of halogens is 1.